The van der Waals surface area contributed by atoms with Gasteiger partial charge in [-0.2, -0.15) is 5.26 Å². The third-order valence-corrected chi connectivity index (χ3v) is 2.71. The molecule has 100 valence electrons. The van der Waals surface area contributed by atoms with Crippen LogP contribution in [0.1, 0.15) is 18.1 Å². The van der Waals surface area contributed by atoms with Gasteiger partial charge < -0.3 is 10.0 Å². The Labute approximate surface area is 113 Å². The molecule has 0 aromatic heterocycles. The van der Waals surface area contributed by atoms with Gasteiger partial charge in [-0.05, 0) is 31.2 Å². The number of aliphatic carboxylic acids is 1. The molecule has 1 N–H and O–H groups in total. The Morgan fingerprint density at radius 1 is 1.53 bits per heavy atom. The van der Waals surface area contributed by atoms with Crippen LogP contribution in [0.5, 0.6) is 0 Å². The Bertz CT molecular complexity index is 503. The lowest BCUT2D eigenvalue weighted by atomic mass is 10.1. The van der Waals surface area contributed by atoms with Crippen LogP contribution in [0.25, 0.3) is 6.08 Å². The maximum atomic E-state index is 10.6. The van der Waals surface area contributed by atoms with E-state index >= 15 is 0 Å². The molecule has 0 aliphatic heterocycles. The van der Waals surface area contributed by atoms with Crippen molar-refractivity contribution < 1.29 is 9.90 Å². The van der Waals surface area contributed by atoms with Gasteiger partial charge in [-0.3, -0.25) is 0 Å². The number of hydrogen-bond acceptors (Lipinski definition) is 3. The Morgan fingerprint density at radius 3 is 2.84 bits per heavy atom. The van der Waals surface area contributed by atoms with Crippen molar-refractivity contribution in [2.45, 2.75) is 13.5 Å². The molecule has 0 radical (unpaired) electrons. The van der Waals surface area contributed by atoms with Gasteiger partial charge in [0.1, 0.15) is 0 Å². The minimum Gasteiger partial charge on any atom is -0.478 e. The molecule has 19 heavy (non-hydrogen) atoms. The first-order valence-electron chi connectivity index (χ1n) is 6.10. The van der Waals surface area contributed by atoms with E-state index in [2.05, 4.69) is 11.0 Å². The maximum Gasteiger partial charge on any atom is 0.328 e. The van der Waals surface area contributed by atoms with Crippen LogP contribution in [0.3, 0.4) is 0 Å². The molecule has 0 amide bonds. The molecule has 1 unspecified atom stereocenters. The Balaban J connectivity index is 2.78. The fourth-order valence-corrected chi connectivity index (χ4v) is 1.87. The molecule has 4 heteroatoms. The summed E-state index contributed by atoms with van der Waals surface area (Å²) < 4.78 is 0. The summed E-state index contributed by atoms with van der Waals surface area (Å²) in [6.07, 6.45) is 2.73. The average molecular weight is 258 g/mol. The zero-order valence-electron chi connectivity index (χ0n) is 11.2. The Kier molecular flexibility index (Phi) is 5.77. The molecule has 1 aromatic rings. The van der Waals surface area contributed by atoms with Crippen molar-refractivity contribution in [3.8, 4) is 6.07 Å². The van der Waals surface area contributed by atoms with E-state index in [0.717, 1.165) is 17.2 Å². The fraction of sp³-hybridized carbons (Fsp3) is 0.333. The highest BCUT2D eigenvalue weighted by Crippen LogP contribution is 2.13. The summed E-state index contributed by atoms with van der Waals surface area (Å²) in [4.78, 5) is 12.6. The van der Waals surface area contributed by atoms with Crippen molar-refractivity contribution in [1.82, 2.24) is 4.90 Å². The molecule has 0 bridgehead atoms. The van der Waals surface area contributed by atoms with Crippen molar-refractivity contribution in [3.63, 3.8) is 0 Å². The second kappa shape index (κ2) is 7.34. The van der Waals surface area contributed by atoms with E-state index in [4.69, 9.17) is 10.4 Å². The van der Waals surface area contributed by atoms with E-state index in [9.17, 15) is 4.79 Å². The highest BCUT2D eigenvalue weighted by atomic mass is 16.4. The summed E-state index contributed by atoms with van der Waals surface area (Å²) >= 11 is 0. The first-order valence-corrected chi connectivity index (χ1v) is 6.10. The van der Waals surface area contributed by atoms with Gasteiger partial charge in [-0.1, -0.05) is 24.3 Å². The Morgan fingerprint density at radius 2 is 2.21 bits per heavy atom. The van der Waals surface area contributed by atoms with Gasteiger partial charge in [0, 0.05) is 19.2 Å². The predicted molar refractivity (Wildman–Crippen MR) is 74.2 cm³/mol. The molecule has 0 aliphatic carbocycles. The second-order valence-corrected chi connectivity index (χ2v) is 4.60. The van der Waals surface area contributed by atoms with Gasteiger partial charge in [-0.25, -0.2) is 4.79 Å². The quantitative estimate of drug-likeness (QED) is 0.796. The summed E-state index contributed by atoms with van der Waals surface area (Å²) in [6.45, 7) is 3.26. The van der Waals surface area contributed by atoms with Crippen LogP contribution in [0.2, 0.25) is 0 Å². The van der Waals surface area contributed by atoms with E-state index < -0.39 is 5.97 Å². The third-order valence-electron chi connectivity index (χ3n) is 2.71. The molecule has 0 spiro atoms. The van der Waals surface area contributed by atoms with Crippen molar-refractivity contribution >= 4 is 12.0 Å². The average Bonchev–Trinajstić information content (AvgIpc) is 2.37. The zero-order valence-corrected chi connectivity index (χ0v) is 11.2. The second-order valence-electron chi connectivity index (χ2n) is 4.60. The first kappa shape index (κ1) is 14.9. The predicted octanol–water partition coefficient (Wildman–Crippen LogP) is 2.38. The number of rotatable bonds is 6. The van der Waals surface area contributed by atoms with Crippen LogP contribution < -0.4 is 0 Å². The molecule has 0 fully saturated rings. The highest BCUT2D eigenvalue weighted by Gasteiger charge is 2.07. The number of carboxylic acids is 1. The monoisotopic (exact) mass is 258 g/mol. The molecular formula is C15H18N2O2. The molecule has 1 atom stereocenters. The SMILES string of the molecule is CC(C#N)CN(C)Cc1ccccc1C=CC(=O)O. The van der Waals surface area contributed by atoms with E-state index in [1.54, 1.807) is 6.08 Å². The van der Waals surface area contributed by atoms with Gasteiger partial charge in [0.25, 0.3) is 0 Å². The minimum absolute atomic E-state index is 0.0216. The van der Waals surface area contributed by atoms with Gasteiger partial charge in [0.2, 0.25) is 0 Å². The number of carbonyl (C=O) groups is 1. The minimum atomic E-state index is -0.957. The van der Waals surface area contributed by atoms with E-state index in [0.29, 0.717) is 13.1 Å². The van der Waals surface area contributed by atoms with Crippen LogP contribution in [0.15, 0.2) is 30.3 Å². The standard InChI is InChI=1S/C15H18N2O2/c1-12(9-16)10-17(2)11-14-6-4-3-5-13(14)7-8-15(18)19/h3-8,12H,10-11H2,1-2H3,(H,18,19). The molecule has 0 saturated heterocycles. The van der Waals surface area contributed by atoms with E-state index in [-0.39, 0.29) is 5.92 Å². The number of nitrogens with zero attached hydrogens (tertiary/aromatic N) is 2. The lowest BCUT2D eigenvalue weighted by molar-refractivity contribution is -0.131. The lowest BCUT2D eigenvalue weighted by Gasteiger charge is -2.19. The molecular weight excluding hydrogens is 240 g/mol. The van der Waals surface area contributed by atoms with Crippen molar-refractivity contribution in [2.75, 3.05) is 13.6 Å². The third kappa shape index (κ3) is 5.36. The fourth-order valence-electron chi connectivity index (χ4n) is 1.87. The van der Waals surface area contributed by atoms with Crippen LogP contribution >= 0.6 is 0 Å². The van der Waals surface area contributed by atoms with Crippen LogP contribution in [-0.2, 0) is 11.3 Å². The number of nitriles is 1. The summed E-state index contributed by atoms with van der Waals surface area (Å²) in [5.74, 6) is -0.979. The van der Waals surface area contributed by atoms with Gasteiger partial charge in [0.15, 0.2) is 0 Å². The van der Waals surface area contributed by atoms with Crippen molar-refractivity contribution in [1.29, 1.82) is 5.26 Å². The van der Waals surface area contributed by atoms with Crippen LogP contribution in [0.4, 0.5) is 0 Å². The summed E-state index contributed by atoms with van der Waals surface area (Å²) in [6, 6.07) is 9.86. The van der Waals surface area contributed by atoms with Crippen LogP contribution in [-0.4, -0.2) is 29.6 Å². The normalized spacial score (nSPS) is 12.5. The van der Waals surface area contributed by atoms with Gasteiger partial charge in [-0.15, -0.1) is 0 Å². The van der Waals surface area contributed by atoms with Crippen LogP contribution in [0, 0.1) is 17.2 Å². The van der Waals surface area contributed by atoms with E-state index in [1.807, 2.05) is 38.2 Å². The van der Waals surface area contributed by atoms with E-state index in [1.165, 1.54) is 0 Å². The maximum absolute atomic E-state index is 10.6. The van der Waals surface area contributed by atoms with Gasteiger partial charge >= 0.3 is 5.97 Å². The molecule has 4 nitrogen and oxygen atoms in total. The molecule has 0 saturated carbocycles. The summed E-state index contributed by atoms with van der Waals surface area (Å²) in [5.41, 5.74) is 1.94. The van der Waals surface area contributed by atoms with Crippen molar-refractivity contribution in [2.24, 2.45) is 5.92 Å². The summed E-state index contributed by atoms with van der Waals surface area (Å²) in [5, 5.41) is 17.5. The summed E-state index contributed by atoms with van der Waals surface area (Å²) in [7, 11) is 1.95. The lowest BCUT2D eigenvalue weighted by Crippen LogP contribution is -2.23. The number of benzene rings is 1. The largest absolute Gasteiger partial charge is 0.478 e. The smallest absolute Gasteiger partial charge is 0.328 e. The van der Waals surface area contributed by atoms with Crippen molar-refractivity contribution in [3.05, 3.63) is 41.5 Å². The topological polar surface area (TPSA) is 64.3 Å². The molecule has 0 aliphatic rings. The number of hydrogen-bond donors (Lipinski definition) is 1. The molecule has 1 rings (SSSR count). The first-order chi connectivity index (χ1) is 9.02. The highest BCUT2D eigenvalue weighted by molar-refractivity contribution is 5.85. The number of carboxylic acid groups (broad SMARTS) is 1. The molecule has 0 heterocycles. The zero-order chi connectivity index (χ0) is 14.3. The van der Waals surface area contributed by atoms with Gasteiger partial charge in [0.05, 0.1) is 12.0 Å². The Hall–Kier alpha value is -2.12. The molecule has 1 aromatic carbocycles.